The summed E-state index contributed by atoms with van der Waals surface area (Å²) in [5, 5.41) is 5.92. The maximum atomic E-state index is 12.1. The number of nitrogens with zero attached hydrogens (tertiary/aromatic N) is 2. The molecule has 6 nitrogen and oxygen atoms in total. The van der Waals surface area contributed by atoms with Gasteiger partial charge in [0.2, 0.25) is 5.95 Å². The van der Waals surface area contributed by atoms with Gasteiger partial charge in [-0.15, -0.1) is 0 Å². The van der Waals surface area contributed by atoms with Crippen LogP contribution in [0.5, 0.6) is 0 Å². The van der Waals surface area contributed by atoms with E-state index in [1.165, 1.54) is 12.4 Å². The Bertz CT molecular complexity index is 610. The van der Waals surface area contributed by atoms with Gasteiger partial charge in [-0.1, -0.05) is 18.2 Å². The zero-order valence-electron chi connectivity index (χ0n) is 12.2. The fraction of sp³-hybridized carbons (Fsp3) is 0.312. The van der Waals surface area contributed by atoms with Gasteiger partial charge in [0, 0.05) is 31.2 Å². The van der Waals surface area contributed by atoms with Crippen molar-refractivity contribution in [1.29, 1.82) is 0 Å². The van der Waals surface area contributed by atoms with Crippen LogP contribution in [0.2, 0.25) is 0 Å². The van der Waals surface area contributed by atoms with Crippen LogP contribution in [0, 0.1) is 0 Å². The molecule has 0 radical (unpaired) electrons. The van der Waals surface area contributed by atoms with Crippen molar-refractivity contribution in [2.24, 2.45) is 0 Å². The maximum absolute atomic E-state index is 12.1. The number of aromatic nitrogens is 2. The number of hydrogen-bond acceptors (Lipinski definition) is 5. The first kappa shape index (κ1) is 14.5. The van der Waals surface area contributed by atoms with Gasteiger partial charge in [-0.3, -0.25) is 4.79 Å². The van der Waals surface area contributed by atoms with Crippen LogP contribution in [0.4, 0.5) is 11.6 Å². The molecule has 6 heteroatoms. The predicted octanol–water partition coefficient (Wildman–Crippen LogP) is 2.32. The van der Waals surface area contributed by atoms with Crippen LogP contribution in [0.15, 0.2) is 42.7 Å². The number of nitrogens with one attached hydrogen (secondary N) is 2. The average Bonchev–Trinajstić information content (AvgIpc) is 3.08. The Morgan fingerprint density at radius 3 is 2.68 bits per heavy atom. The molecule has 1 aliphatic rings. The third kappa shape index (κ3) is 3.79. The second-order valence-corrected chi connectivity index (χ2v) is 5.13. The van der Waals surface area contributed by atoms with Crippen LogP contribution in [-0.2, 0) is 4.74 Å². The van der Waals surface area contributed by atoms with Crippen LogP contribution in [0.1, 0.15) is 23.2 Å². The van der Waals surface area contributed by atoms with Gasteiger partial charge in [0.05, 0.1) is 11.7 Å². The Labute approximate surface area is 128 Å². The van der Waals surface area contributed by atoms with Crippen molar-refractivity contribution in [2.75, 3.05) is 23.8 Å². The number of carbonyl (C=O) groups is 1. The fourth-order valence-corrected chi connectivity index (χ4v) is 2.27. The highest BCUT2D eigenvalue weighted by Crippen LogP contribution is 2.12. The van der Waals surface area contributed by atoms with E-state index in [2.05, 4.69) is 20.6 Å². The molecule has 1 aromatic carbocycles. The Balaban J connectivity index is 1.55. The first-order chi connectivity index (χ1) is 10.8. The Kier molecular flexibility index (Phi) is 4.60. The van der Waals surface area contributed by atoms with E-state index in [4.69, 9.17) is 4.74 Å². The van der Waals surface area contributed by atoms with Crippen molar-refractivity contribution in [3.05, 3.63) is 48.3 Å². The molecule has 1 unspecified atom stereocenters. The molecule has 2 N–H and O–H groups in total. The molecule has 1 saturated heterocycles. The monoisotopic (exact) mass is 298 g/mol. The van der Waals surface area contributed by atoms with Crippen LogP contribution in [-0.4, -0.2) is 35.1 Å². The number of anilines is 2. The molecule has 2 aromatic rings. The number of para-hydroxylation sites is 1. The Hall–Kier alpha value is -2.47. The van der Waals surface area contributed by atoms with Crippen LogP contribution in [0.25, 0.3) is 0 Å². The normalized spacial score (nSPS) is 17.2. The largest absolute Gasteiger partial charge is 0.376 e. The summed E-state index contributed by atoms with van der Waals surface area (Å²) in [6.45, 7) is 1.52. The molecular formula is C16H18N4O2. The van der Waals surface area contributed by atoms with Crippen molar-refractivity contribution in [3.8, 4) is 0 Å². The lowest BCUT2D eigenvalue weighted by atomic mass is 10.2. The third-order valence-corrected chi connectivity index (χ3v) is 3.46. The molecule has 2 heterocycles. The van der Waals surface area contributed by atoms with Gasteiger partial charge >= 0.3 is 0 Å². The van der Waals surface area contributed by atoms with E-state index in [9.17, 15) is 4.79 Å². The van der Waals surface area contributed by atoms with Gasteiger partial charge in [-0.05, 0) is 25.0 Å². The predicted molar refractivity (Wildman–Crippen MR) is 83.9 cm³/mol. The SMILES string of the molecule is O=C(Nc1ccccc1)c1cnc(NCC2CCCO2)nc1. The zero-order chi connectivity index (χ0) is 15.2. The van der Waals surface area contributed by atoms with E-state index < -0.39 is 0 Å². The number of benzene rings is 1. The molecule has 114 valence electrons. The lowest BCUT2D eigenvalue weighted by Crippen LogP contribution is -2.20. The van der Waals surface area contributed by atoms with E-state index >= 15 is 0 Å². The summed E-state index contributed by atoms with van der Waals surface area (Å²) in [6.07, 6.45) is 5.42. The molecule has 0 aliphatic carbocycles. The molecule has 0 bridgehead atoms. The Morgan fingerprint density at radius 2 is 2.00 bits per heavy atom. The molecule has 0 spiro atoms. The molecule has 1 amide bonds. The first-order valence-corrected chi connectivity index (χ1v) is 7.35. The number of ether oxygens (including phenoxy) is 1. The minimum atomic E-state index is -0.225. The second-order valence-electron chi connectivity index (χ2n) is 5.13. The summed E-state index contributed by atoms with van der Waals surface area (Å²) >= 11 is 0. The van der Waals surface area contributed by atoms with E-state index in [0.29, 0.717) is 18.1 Å². The van der Waals surface area contributed by atoms with Gasteiger partial charge in [-0.25, -0.2) is 9.97 Å². The molecule has 1 atom stereocenters. The van der Waals surface area contributed by atoms with Crippen molar-refractivity contribution < 1.29 is 9.53 Å². The minimum Gasteiger partial charge on any atom is -0.376 e. The van der Waals surface area contributed by atoms with Crippen LogP contribution in [0.3, 0.4) is 0 Å². The van der Waals surface area contributed by atoms with Crippen molar-refractivity contribution >= 4 is 17.5 Å². The van der Waals surface area contributed by atoms with E-state index in [1.807, 2.05) is 30.3 Å². The van der Waals surface area contributed by atoms with E-state index in [1.54, 1.807) is 0 Å². The molecule has 1 aromatic heterocycles. The van der Waals surface area contributed by atoms with Gasteiger partial charge < -0.3 is 15.4 Å². The summed E-state index contributed by atoms with van der Waals surface area (Å²) < 4.78 is 5.52. The highest BCUT2D eigenvalue weighted by atomic mass is 16.5. The van der Waals surface area contributed by atoms with Crippen molar-refractivity contribution in [1.82, 2.24) is 9.97 Å². The Morgan fingerprint density at radius 1 is 1.23 bits per heavy atom. The lowest BCUT2D eigenvalue weighted by molar-refractivity contribution is 0.102. The number of rotatable bonds is 5. The third-order valence-electron chi connectivity index (χ3n) is 3.46. The van der Waals surface area contributed by atoms with Gasteiger partial charge in [0.1, 0.15) is 0 Å². The molecule has 1 fully saturated rings. The highest BCUT2D eigenvalue weighted by Gasteiger charge is 2.15. The molecule has 1 aliphatic heterocycles. The van der Waals surface area contributed by atoms with E-state index in [-0.39, 0.29) is 12.0 Å². The first-order valence-electron chi connectivity index (χ1n) is 7.35. The summed E-state index contributed by atoms with van der Waals surface area (Å²) in [5.41, 5.74) is 1.17. The molecular weight excluding hydrogens is 280 g/mol. The quantitative estimate of drug-likeness (QED) is 0.886. The molecule has 3 rings (SSSR count). The van der Waals surface area contributed by atoms with E-state index in [0.717, 1.165) is 25.1 Å². The molecule has 0 saturated carbocycles. The number of carbonyl (C=O) groups excluding carboxylic acids is 1. The second kappa shape index (κ2) is 7.00. The van der Waals surface area contributed by atoms with Crippen molar-refractivity contribution in [2.45, 2.75) is 18.9 Å². The summed E-state index contributed by atoms with van der Waals surface area (Å²) in [4.78, 5) is 20.4. The lowest BCUT2D eigenvalue weighted by Gasteiger charge is -2.10. The smallest absolute Gasteiger partial charge is 0.258 e. The number of amides is 1. The summed E-state index contributed by atoms with van der Waals surface area (Å²) in [5.74, 6) is 0.281. The van der Waals surface area contributed by atoms with Gasteiger partial charge in [0.15, 0.2) is 0 Å². The topological polar surface area (TPSA) is 76.1 Å². The fourth-order valence-electron chi connectivity index (χ4n) is 2.27. The zero-order valence-corrected chi connectivity index (χ0v) is 12.2. The van der Waals surface area contributed by atoms with Crippen molar-refractivity contribution in [3.63, 3.8) is 0 Å². The molecule has 22 heavy (non-hydrogen) atoms. The highest BCUT2D eigenvalue weighted by molar-refractivity contribution is 6.03. The van der Waals surface area contributed by atoms with Crippen LogP contribution >= 0.6 is 0 Å². The average molecular weight is 298 g/mol. The van der Waals surface area contributed by atoms with Crippen LogP contribution < -0.4 is 10.6 Å². The number of hydrogen-bond donors (Lipinski definition) is 2. The summed E-state index contributed by atoms with van der Waals surface area (Å²) in [6, 6.07) is 9.29. The van der Waals surface area contributed by atoms with Gasteiger partial charge in [-0.2, -0.15) is 0 Å². The maximum Gasteiger partial charge on any atom is 0.258 e. The van der Waals surface area contributed by atoms with Gasteiger partial charge in [0.25, 0.3) is 5.91 Å². The summed E-state index contributed by atoms with van der Waals surface area (Å²) in [7, 11) is 0. The minimum absolute atomic E-state index is 0.225. The standard InChI is InChI=1S/C16H18N4O2/c21-15(20-13-5-2-1-3-6-13)12-9-17-16(18-10-12)19-11-14-7-4-8-22-14/h1-3,5-6,9-10,14H,4,7-8,11H2,(H,20,21)(H,17,18,19).